The van der Waals surface area contributed by atoms with Crippen LogP contribution in [-0.2, 0) is 0 Å². The zero-order valence-corrected chi connectivity index (χ0v) is 8.79. The van der Waals surface area contributed by atoms with E-state index in [1.165, 1.54) is 5.56 Å². The summed E-state index contributed by atoms with van der Waals surface area (Å²) >= 11 is 1.66. The first kappa shape index (κ1) is 9.37. The second-order valence-corrected chi connectivity index (χ2v) is 4.07. The second kappa shape index (κ2) is 3.90. The number of thiophene rings is 1. The Balaban J connectivity index is 2.32. The van der Waals surface area contributed by atoms with Gasteiger partial charge in [-0.15, -0.1) is 0 Å². The molecule has 0 fully saturated rings. The van der Waals surface area contributed by atoms with Gasteiger partial charge in [0.2, 0.25) is 0 Å². The van der Waals surface area contributed by atoms with Gasteiger partial charge in [-0.3, -0.25) is 4.98 Å². The second-order valence-electron chi connectivity index (χ2n) is 3.29. The van der Waals surface area contributed by atoms with E-state index < -0.39 is 0 Å². The Morgan fingerprint density at radius 1 is 1.43 bits per heavy atom. The largest absolute Gasteiger partial charge is 0.319 e. The lowest BCUT2D eigenvalue weighted by Crippen LogP contribution is -2.12. The van der Waals surface area contributed by atoms with E-state index in [2.05, 4.69) is 10.4 Å². The van der Waals surface area contributed by atoms with Gasteiger partial charge in [-0.2, -0.15) is 11.3 Å². The highest BCUT2D eigenvalue weighted by molar-refractivity contribution is 7.07. The molecule has 2 aromatic heterocycles. The SMILES string of the molecule is Cc1ccnc(C(N)c2ccsc2)c1. The smallest absolute Gasteiger partial charge is 0.0734 e. The molecule has 0 saturated heterocycles. The summed E-state index contributed by atoms with van der Waals surface area (Å²) < 4.78 is 0. The van der Waals surface area contributed by atoms with Crippen LogP contribution in [0.5, 0.6) is 0 Å². The Morgan fingerprint density at radius 2 is 2.29 bits per heavy atom. The molecule has 72 valence electrons. The number of nitrogens with zero attached hydrogens (tertiary/aromatic N) is 1. The summed E-state index contributed by atoms with van der Waals surface area (Å²) in [5, 5.41) is 4.10. The summed E-state index contributed by atoms with van der Waals surface area (Å²) in [5.74, 6) is 0. The molecule has 0 bridgehead atoms. The molecule has 0 amide bonds. The van der Waals surface area contributed by atoms with E-state index >= 15 is 0 Å². The molecule has 0 aliphatic rings. The van der Waals surface area contributed by atoms with E-state index in [0.717, 1.165) is 11.3 Å². The number of hydrogen-bond donors (Lipinski definition) is 1. The third-order valence-corrected chi connectivity index (χ3v) is 2.86. The maximum Gasteiger partial charge on any atom is 0.0734 e. The molecular weight excluding hydrogens is 192 g/mol. The highest BCUT2D eigenvalue weighted by Crippen LogP contribution is 2.20. The van der Waals surface area contributed by atoms with Crippen molar-refractivity contribution in [2.75, 3.05) is 0 Å². The van der Waals surface area contributed by atoms with Gasteiger partial charge >= 0.3 is 0 Å². The zero-order chi connectivity index (χ0) is 9.97. The van der Waals surface area contributed by atoms with Crippen LogP contribution in [0.4, 0.5) is 0 Å². The summed E-state index contributed by atoms with van der Waals surface area (Å²) in [6.45, 7) is 2.05. The van der Waals surface area contributed by atoms with Crippen molar-refractivity contribution in [3.63, 3.8) is 0 Å². The van der Waals surface area contributed by atoms with Crippen molar-refractivity contribution in [3.05, 3.63) is 52.0 Å². The molecule has 0 radical (unpaired) electrons. The topological polar surface area (TPSA) is 38.9 Å². The number of pyridine rings is 1. The Kier molecular flexibility index (Phi) is 2.61. The van der Waals surface area contributed by atoms with E-state index in [4.69, 9.17) is 5.73 Å². The van der Waals surface area contributed by atoms with Gasteiger partial charge in [0.05, 0.1) is 11.7 Å². The van der Waals surface area contributed by atoms with E-state index in [0.29, 0.717) is 0 Å². The highest BCUT2D eigenvalue weighted by Gasteiger charge is 2.09. The molecule has 14 heavy (non-hydrogen) atoms. The number of rotatable bonds is 2. The van der Waals surface area contributed by atoms with Crippen LogP contribution in [0.15, 0.2) is 35.2 Å². The zero-order valence-electron chi connectivity index (χ0n) is 7.97. The van der Waals surface area contributed by atoms with Gasteiger partial charge in [0.15, 0.2) is 0 Å². The van der Waals surface area contributed by atoms with E-state index in [1.807, 2.05) is 30.5 Å². The number of nitrogens with two attached hydrogens (primary N) is 1. The number of aryl methyl sites for hydroxylation is 1. The first-order valence-electron chi connectivity index (χ1n) is 4.47. The summed E-state index contributed by atoms with van der Waals surface area (Å²) in [4.78, 5) is 4.28. The molecule has 0 aliphatic heterocycles. The predicted molar refractivity (Wildman–Crippen MR) is 59.3 cm³/mol. The Labute approximate surface area is 87.4 Å². The minimum Gasteiger partial charge on any atom is -0.319 e. The number of hydrogen-bond acceptors (Lipinski definition) is 3. The van der Waals surface area contributed by atoms with Crippen LogP contribution >= 0.6 is 11.3 Å². The lowest BCUT2D eigenvalue weighted by molar-refractivity contribution is 0.831. The summed E-state index contributed by atoms with van der Waals surface area (Å²) in [5.41, 5.74) is 9.34. The summed E-state index contributed by atoms with van der Waals surface area (Å²) in [6.07, 6.45) is 1.80. The van der Waals surface area contributed by atoms with Crippen molar-refractivity contribution in [1.82, 2.24) is 4.98 Å². The molecule has 0 aliphatic carbocycles. The average Bonchev–Trinajstić information content (AvgIpc) is 2.69. The van der Waals surface area contributed by atoms with Gasteiger partial charge in [-0.25, -0.2) is 0 Å². The van der Waals surface area contributed by atoms with Crippen LogP contribution in [-0.4, -0.2) is 4.98 Å². The third kappa shape index (κ3) is 1.84. The van der Waals surface area contributed by atoms with Crippen molar-refractivity contribution in [3.8, 4) is 0 Å². The maximum atomic E-state index is 6.07. The Morgan fingerprint density at radius 3 is 2.93 bits per heavy atom. The fourth-order valence-corrected chi connectivity index (χ4v) is 2.05. The summed E-state index contributed by atoms with van der Waals surface area (Å²) in [6, 6.07) is 5.95. The van der Waals surface area contributed by atoms with Gasteiger partial charge in [-0.05, 0) is 47.0 Å². The summed E-state index contributed by atoms with van der Waals surface area (Å²) in [7, 11) is 0. The Bertz CT molecular complexity index is 409. The Hall–Kier alpha value is -1.19. The van der Waals surface area contributed by atoms with Crippen LogP contribution < -0.4 is 5.73 Å². The first-order chi connectivity index (χ1) is 6.77. The molecule has 3 heteroatoms. The van der Waals surface area contributed by atoms with E-state index in [9.17, 15) is 0 Å². The van der Waals surface area contributed by atoms with E-state index in [-0.39, 0.29) is 6.04 Å². The predicted octanol–water partition coefficient (Wildman–Crippen LogP) is 2.50. The van der Waals surface area contributed by atoms with Crippen molar-refractivity contribution in [2.45, 2.75) is 13.0 Å². The average molecular weight is 204 g/mol. The molecular formula is C11H12N2S. The quantitative estimate of drug-likeness (QED) is 0.816. The van der Waals surface area contributed by atoms with Crippen LogP contribution in [0, 0.1) is 6.92 Å². The molecule has 2 aromatic rings. The van der Waals surface area contributed by atoms with Crippen LogP contribution in [0.3, 0.4) is 0 Å². The molecule has 0 saturated carbocycles. The molecule has 2 rings (SSSR count). The number of aromatic nitrogens is 1. The van der Waals surface area contributed by atoms with Gasteiger partial charge in [0.25, 0.3) is 0 Å². The fraction of sp³-hybridized carbons (Fsp3) is 0.182. The molecule has 0 aromatic carbocycles. The normalized spacial score (nSPS) is 12.7. The third-order valence-electron chi connectivity index (χ3n) is 2.16. The molecule has 2 nitrogen and oxygen atoms in total. The maximum absolute atomic E-state index is 6.07. The van der Waals surface area contributed by atoms with Crippen LogP contribution in [0.25, 0.3) is 0 Å². The lowest BCUT2D eigenvalue weighted by Gasteiger charge is -2.09. The van der Waals surface area contributed by atoms with Crippen LogP contribution in [0.1, 0.15) is 22.9 Å². The van der Waals surface area contributed by atoms with Crippen LogP contribution in [0.2, 0.25) is 0 Å². The monoisotopic (exact) mass is 204 g/mol. The molecule has 1 unspecified atom stereocenters. The minimum atomic E-state index is -0.0962. The van der Waals surface area contributed by atoms with Crippen molar-refractivity contribution in [1.29, 1.82) is 0 Å². The van der Waals surface area contributed by atoms with Crippen molar-refractivity contribution in [2.24, 2.45) is 5.73 Å². The van der Waals surface area contributed by atoms with Gasteiger partial charge in [0.1, 0.15) is 0 Å². The minimum absolute atomic E-state index is 0.0962. The fourth-order valence-electron chi connectivity index (χ4n) is 1.35. The van der Waals surface area contributed by atoms with Gasteiger partial charge < -0.3 is 5.73 Å². The standard InChI is InChI=1S/C11H12N2S/c1-8-2-4-13-10(6-8)11(12)9-3-5-14-7-9/h2-7,11H,12H2,1H3. The molecule has 0 spiro atoms. The van der Waals surface area contributed by atoms with Gasteiger partial charge in [-0.1, -0.05) is 0 Å². The molecule has 2 heterocycles. The van der Waals surface area contributed by atoms with Crippen molar-refractivity contribution < 1.29 is 0 Å². The first-order valence-corrected chi connectivity index (χ1v) is 5.42. The van der Waals surface area contributed by atoms with Crippen molar-refractivity contribution >= 4 is 11.3 Å². The molecule has 1 atom stereocenters. The van der Waals surface area contributed by atoms with Gasteiger partial charge in [0, 0.05) is 6.20 Å². The molecule has 2 N–H and O–H groups in total. The highest BCUT2D eigenvalue weighted by atomic mass is 32.1. The lowest BCUT2D eigenvalue weighted by atomic mass is 10.1. The van der Waals surface area contributed by atoms with E-state index in [1.54, 1.807) is 17.5 Å².